The van der Waals surface area contributed by atoms with E-state index in [1.807, 2.05) is 47.7 Å². The van der Waals surface area contributed by atoms with Crippen molar-refractivity contribution in [3.8, 4) is 11.5 Å². The second-order valence-electron chi connectivity index (χ2n) is 14.0. The van der Waals surface area contributed by atoms with Gasteiger partial charge in [-0.3, -0.25) is 29.5 Å². The summed E-state index contributed by atoms with van der Waals surface area (Å²) in [6, 6.07) is 23.0. The number of nitrogens with zero attached hydrogens (tertiary/aromatic N) is 2. The van der Waals surface area contributed by atoms with Crippen molar-refractivity contribution in [2.24, 2.45) is 23.7 Å². The Morgan fingerprint density at radius 2 is 1.64 bits per heavy atom. The molecule has 2 saturated heterocycles. The number of anilines is 2. The van der Waals surface area contributed by atoms with E-state index in [-0.39, 0.29) is 36.2 Å². The number of hydrogen-bond donors (Lipinski definition) is 2. The average Bonchev–Trinajstić information content (AvgIpc) is 3.54. The SMILES string of the molecule is CCc1ccc(N2C(=O)C3CC=C4C(CC5C(=O)N(Nc6ccc(F)cc6)C(=O)C5(c5ccc(Cl)cc5)C4c4cc(I)c(O)c(OC)c4)C3C2=O)cc1. The quantitative estimate of drug-likeness (QED) is 0.112. The Morgan fingerprint density at radius 1 is 0.943 bits per heavy atom. The third kappa shape index (κ3) is 5.37. The minimum atomic E-state index is -1.56. The molecule has 12 heteroatoms. The molecule has 4 aromatic carbocycles. The van der Waals surface area contributed by atoms with Gasteiger partial charge in [0.15, 0.2) is 11.5 Å². The summed E-state index contributed by atoms with van der Waals surface area (Å²) in [5, 5.41) is 12.4. The summed E-state index contributed by atoms with van der Waals surface area (Å²) >= 11 is 8.39. The number of carbonyl (C=O) groups is 4. The summed E-state index contributed by atoms with van der Waals surface area (Å²) in [5.74, 6) is -5.93. The summed E-state index contributed by atoms with van der Waals surface area (Å²) in [6.07, 6.45) is 3.14. The van der Waals surface area contributed by atoms with E-state index in [1.165, 1.54) is 36.3 Å². The molecule has 0 aromatic heterocycles. The van der Waals surface area contributed by atoms with Crippen molar-refractivity contribution in [1.82, 2.24) is 5.01 Å². The lowest BCUT2D eigenvalue weighted by Crippen LogP contribution is -2.53. The number of ether oxygens (including phenoxy) is 1. The Balaban J connectivity index is 1.33. The first-order valence-electron chi connectivity index (χ1n) is 17.4. The molecule has 3 fully saturated rings. The summed E-state index contributed by atoms with van der Waals surface area (Å²) in [5.41, 5.74) is 5.18. The fourth-order valence-electron chi connectivity index (χ4n) is 9.08. The molecule has 0 bridgehead atoms. The standard InChI is InChI=1S/C41H34ClFIN3O6/c1-3-21-4-14-27(15-5-21)46-37(49)29-17-16-28-30(34(29)39(46)51)20-31-38(50)47(45-26-12-10-25(43)11-13-26)40(52)41(31,23-6-8-24(42)9-7-23)35(28)22-18-32(44)36(48)33(19-22)53-2/h4-16,18-19,29-31,34-35,45,48H,3,17,20H2,1-2H3. The number of methoxy groups -OCH3 is 1. The summed E-state index contributed by atoms with van der Waals surface area (Å²) in [7, 11) is 1.43. The molecule has 1 saturated carbocycles. The van der Waals surface area contributed by atoms with Crippen LogP contribution >= 0.6 is 34.2 Å². The van der Waals surface area contributed by atoms with Gasteiger partial charge in [0.1, 0.15) is 5.82 Å². The molecule has 270 valence electrons. The van der Waals surface area contributed by atoms with Gasteiger partial charge >= 0.3 is 0 Å². The lowest BCUT2D eigenvalue weighted by Gasteiger charge is -2.50. The number of phenols is 1. The van der Waals surface area contributed by atoms with Crippen molar-refractivity contribution in [3.05, 3.63) is 128 Å². The molecule has 0 spiro atoms. The van der Waals surface area contributed by atoms with Gasteiger partial charge in [-0.1, -0.05) is 54.4 Å². The number of hydrogen-bond acceptors (Lipinski definition) is 7. The Hall–Kier alpha value is -4.75. The fraction of sp³-hybridized carbons (Fsp3) is 0.268. The highest BCUT2D eigenvalue weighted by Gasteiger charge is 2.70. The van der Waals surface area contributed by atoms with Gasteiger partial charge in [0, 0.05) is 10.9 Å². The number of amides is 4. The minimum Gasteiger partial charge on any atom is -0.504 e. The number of allylic oxidation sites excluding steroid dienone is 2. The normalized spacial score (nSPS) is 26.3. The smallest absolute Gasteiger partial charge is 0.260 e. The van der Waals surface area contributed by atoms with E-state index in [2.05, 4.69) is 5.43 Å². The van der Waals surface area contributed by atoms with E-state index in [4.69, 9.17) is 16.3 Å². The molecule has 8 rings (SSSR count). The van der Waals surface area contributed by atoms with Crippen molar-refractivity contribution < 1.29 is 33.4 Å². The number of phenolic OH excluding ortho intramolecular Hbond substituents is 1. The highest BCUT2D eigenvalue weighted by atomic mass is 127. The van der Waals surface area contributed by atoms with Gasteiger partial charge in [-0.05, 0) is 125 Å². The van der Waals surface area contributed by atoms with Gasteiger partial charge < -0.3 is 9.84 Å². The average molecular weight is 846 g/mol. The number of benzene rings is 4. The second-order valence-corrected chi connectivity index (χ2v) is 15.6. The van der Waals surface area contributed by atoms with Gasteiger partial charge in [-0.2, -0.15) is 5.01 Å². The zero-order chi connectivity index (χ0) is 37.3. The first-order chi connectivity index (χ1) is 25.5. The summed E-state index contributed by atoms with van der Waals surface area (Å²) in [6.45, 7) is 2.03. The molecule has 4 aliphatic rings. The van der Waals surface area contributed by atoms with Crippen LogP contribution in [0.25, 0.3) is 0 Å². The lowest BCUT2D eigenvalue weighted by atomic mass is 9.49. The molecular formula is C41H34ClFIN3O6. The van der Waals surface area contributed by atoms with Crippen LogP contribution < -0.4 is 15.1 Å². The molecule has 2 heterocycles. The zero-order valence-corrected chi connectivity index (χ0v) is 31.6. The molecule has 2 N–H and O–H groups in total. The number of halogens is 3. The lowest BCUT2D eigenvalue weighted by molar-refractivity contribution is -0.138. The molecule has 0 radical (unpaired) electrons. The number of nitrogens with one attached hydrogen (secondary N) is 1. The van der Waals surface area contributed by atoms with Gasteiger partial charge in [0.25, 0.3) is 11.8 Å². The predicted octanol–water partition coefficient (Wildman–Crippen LogP) is 7.55. The van der Waals surface area contributed by atoms with Crippen LogP contribution in [0, 0.1) is 33.1 Å². The van der Waals surface area contributed by atoms with Crippen LogP contribution in [0.4, 0.5) is 15.8 Å². The highest BCUT2D eigenvalue weighted by Crippen LogP contribution is 2.64. The van der Waals surface area contributed by atoms with E-state index in [0.717, 1.165) is 22.6 Å². The number of carbonyl (C=O) groups excluding carboxylic acids is 4. The van der Waals surface area contributed by atoms with Crippen LogP contribution in [0.3, 0.4) is 0 Å². The van der Waals surface area contributed by atoms with Gasteiger partial charge in [0.2, 0.25) is 11.8 Å². The van der Waals surface area contributed by atoms with E-state index in [9.17, 15) is 23.9 Å². The van der Waals surface area contributed by atoms with Crippen molar-refractivity contribution in [2.45, 2.75) is 37.5 Å². The number of imide groups is 2. The van der Waals surface area contributed by atoms with Crippen LogP contribution in [-0.4, -0.2) is 40.9 Å². The molecule has 2 aliphatic heterocycles. The zero-order valence-electron chi connectivity index (χ0n) is 28.7. The third-order valence-electron chi connectivity index (χ3n) is 11.5. The Bertz CT molecular complexity index is 2210. The summed E-state index contributed by atoms with van der Waals surface area (Å²) in [4.78, 5) is 60.1. The van der Waals surface area contributed by atoms with Gasteiger partial charge in [0.05, 0.1) is 45.2 Å². The maximum atomic E-state index is 15.3. The van der Waals surface area contributed by atoms with Crippen LogP contribution in [0.2, 0.25) is 5.02 Å². The van der Waals surface area contributed by atoms with Crippen molar-refractivity contribution >= 4 is 69.2 Å². The van der Waals surface area contributed by atoms with Crippen molar-refractivity contribution in [1.29, 1.82) is 0 Å². The third-order valence-corrected chi connectivity index (χ3v) is 12.5. The number of rotatable bonds is 7. The fourth-order valence-corrected chi connectivity index (χ4v) is 9.83. The maximum Gasteiger partial charge on any atom is 0.260 e. The summed E-state index contributed by atoms with van der Waals surface area (Å²) < 4.78 is 20.0. The second kappa shape index (κ2) is 13.3. The van der Waals surface area contributed by atoms with Crippen LogP contribution in [-0.2, 0) is 31.0 Å². The molecule has 2 aliphatic carbocycles. The maximum absolute atomic E-state index is 15.3. The van der Waals surface area contributed by atoms with Crippen molar-refractivity contribution in [2.75, 3.05) is 17.4 Å². The number of fused-ring (bicyclic) bond motifs is 4. The van der Waals surface area contributed by atoms with Gasteiger partial charge in [-0.25, -0.2) is 4.39 Å². The molecule has 4 amide bonds. The first-order valence-corrected chi connectivity index (χ1v) is 18.8. The highest BCUT2D eigenvalue weighted by molar-refractivity contribution is 14.1. The van der Waals surface area contributed by atoms with Gasteiger partial charge in [-0.15, -0.1) is 0 Å². The largest absolute Gasteiger partial charge is 0.504 e. The monoisotopic (exact) mass is 845 g/mol. The van der Waals surface area contributed by atoms with Crippen molar-refractivity contribution in [3.63, 3.8) is 0 Å². The van der Waals surface area contributed by atoms with E-state index in [1.54, 1.807) is 48.5 Å². The van der Waals surface area contributed by atoms with Crippen LogP contribution in [0.5, 0.6) is 11.5 Å². The number of aryl methyl sites for hydroxylation is 1. The Morgan fingerprint density at radius 3 is 2.30 bits per heavy atom. The molecule has 53 heavy (non-hydrogen) atoms. The molecule has 9 nitrogen and oxygen atoms in total. The van der Waals surface area contributed by atoms with Crippen LogP contribution in [0.15, 0.2) is 96.6 Å². The van der Waals surface area contributed by atoms with Crippen LogP contribution in [0.1, 0.15) is 42.4 Å². The predicted molar refractivity (Wildman–Crippen MR) is 205 cm³/mol. The number of aromatic hydroxyl groups is 1. The first kappa shape index (κ1) is 35.3. The molecule has 6 unspecified atom stereocenters. The Labute approximate surface area is 323 Å². The molecule has 6 atom stereocenters. The molecular weight excluding hydrogens is 812 g/mol. The van der Waals surface area contributed by atoms with E-state index < -0.39 is 52.6 Å². The topological polar surface area (TPSA) is 116 Å². The van der Waals surface area contributed by atoms with E-state index >= 15 is 4.79 Å². The Kier molecular flexibility index (Phi) is 8.84. The molecule has 4 aromatic rings. The minimum absolute atomic E-state index is 0.0753. The number of hydrazine groups is 1. The van der Waals surface area contributed by atoms with E-state index in [0.29, 0.717) is 31.1 Å².